The van der Waals surface area contributed by atoms with Gasteiger partial charge in [-0.15, -0.1) is 0 Å². The molecule has 0 atom stereocenters. The lowest BCUT2D eigenvalue weighted by Crippen LogP contribution is -2.08. The van der Waals surface area contributed by atoms with E-state index in [-0.39, 0.29) is 0 Å². The summed E-state index contributed by atoms with van der Waals surface area (Å²) in [6, 6.07) is 17.7. The van der Waals surface area contributed by atoms with Crippen LogP contribution in [0.5, 0.6) is 5.75 Å². The molecule has 0 radical (unpaired) electrons. The van der Waals surface area contributed by atoms with Gasteiger partial charge in [-0.1, -0.05) is 41.9 Å². The number of rotatable bonds is 7. The van der Waals surface area contributed by atoms with Gasteiger partial charge in [-0.25, -0.2) is 0 Å². The zero-order valence-corrected chi connectivity index (χ0v) is 14.7. The maximum Gasteiger partial charge on any atom is 0.195 e. The molecule has 0 aliphatic carbocycles. The highest BCUT2D eigenvalue weighted by atomic mass is 35.5. The Morgan fingerprint density at radius 2 is 1.83 bits per heavy atom. The van der Waals surface area contributed by atoms with Crippen LogP contribution in [0.1, 0.15) is 17.8 Å². The summed E-state index contributed by atoms with van der Waals surface area (Å²) in [5.41, 5.74) is 1.33. The predicted octanol–water partition coefficient (Wildman–Crippen LogP) is 4.81. The van der Waals surface area contributed by atoms with E-state index in [9.17, 15) is 0 Å². The summed E-state index contributed by atoms with van der Waals surface area (Å²) in [4.78, 5) is 0. The number of aromatic nitrogens is 3. The molecule has 0 amide bonds. The fourth-order valence-corrected chi connectivity index (χ4v) is 2.82. The lowest BCUT2D eigenvalue weighted by molar-refractivity contribution is 0.288. The van der Waals surface area contributed by atoms with E-state index in [0.29, 0.717) is 16.4 Å². The van der Waals surface area contributed by atoms with Crippen LogP contribution in [0.2, 0.25) is 5.02 Å². The molecule has 0 fully saturated rings. The molecular formula is C18H18ClN3OS. The Kier molecular flexibility index (Phi) is 5.67. The number of halogens is 1. The second-order valence-corrected chi connectivity index (χ2v) is 6.25. The van der Waals surface area contributed by atoms with Gasteiger partial charge in [-0.05, 0) is 54.9 Å². The Morgan fingerprint density at radius 1 is 1.08 bits per heavy atom. The third-order valence-corrected chi connectivity index (χ3v) is 4.27. The van der Waals surface area contributed by atoms with Crippen molar-refractivity contribution in [1.82, 2.24) is 14.8 Å². The first kappa shape index (κ1) is 16.7. The van der Waals surface area contributed by atoms with Gasteiger partial charge in [0.15, 0.2) is 10.6 Å². The molecule has 24 heavy (non-hydrogen) atoms. The zero-order chi connectivity index (χ0) is 16.8. The van der Waals surface area contributed by atoms with E-state index in [0.717, 1.165) is 31.0 Å². The second kappa shape index (κ2) is 8.13. The summed E-state index contributed by atoms with van der Waals surface area (Å²) in [6.07, 6.45) is 2.00. The molecule has 0 saturated carbocycles. The Balaban J connectivity index is 1.59. The molecule has 0 aliphatic rings. The smallest absolute Gasteiger partial charge is 0.195 e. The van der Waals surface area contributed by atoms with E-state index in [1.165, 1.54) is 5.56 Å². The van der Waals surface area contributed by atoms with Crippen LogP contribution < -0.4 is 4.74 Å². The minimum Gasteiger partial charge on any atom is -0.486 e. The molecule has 0 spiro atoms. The summed E-state index contributed by atoms with van der Waals surface area (Å²) in [6.45, 7) is 1.17. The first-order chi connectivity index (χ1) is 11.7. The van der Waals surface area contributed by atoms with Crippen LogP contribution in [0.25, 0.3) is 0 Å². The van der Waals surface area contributed by atoms with E-state index in [1.54, 1.807) is 12.1 Å². The third-order valence-electron chi connectivity index (χ3n) is 3.71. The lowest BCUT2D eigenvalue weighted by Gasteiger charge is -2.09. The lowest BCUT2D eigenvalue weighted by atomic mass is 10.1. The van der Waals surface area contributed by atoms with Crippen molar-refractivity contribution < 1.29 is 4.74 Å². The Bertz CT molecular complexity index is 827. The van der Waals surface area contributed by atoms with Crippen LogP contribution in [-0.4, -0.2) is 14.8 Å². The average molecular weight is 360 g/mol. The van der Waals surface area contributed by atoms with Gasteiger partial charge in [-0.2, -0.15) is 5.10 Å². The largest absolute Gasteiger partial charge is 0.486 e. The van der Waals surface area contributed by atoms with Crippen molar-refractivity contribution in [3.05, 3.63) is 75.8 Å². The number of ether oxygens (including phenoxy) is 1. The minimum absolute atomic E-state index is 0.361. The van der Waals surface area contributed by atoms with E-state index >= 15 is 0 Å². The van der Waals surface area contributed by atoms with Crippen LogP contribution in [0, 0.1) is 4.77 Å². The predicted molar refractivity (Wildman–Crippen MR) is 98.0 cm³/mol. The molecule has 2 aromatic carbocycles. The van der Waals surface area contributed by atoms with E-state index in [2.05, 4.69) is 34.5 Å². The molecule has 3 aromatic rings. The summed E-state index contributed by atoms with van der Waals surface area (Å²) in [5.74, 6) is 1.55. The van der Waals surface area contributed by atoms with Gasteiger partial charge in [0.25, 0.3) is 0 Å². The van der Waals surface area contributed by atoms with Gasteiger partial charge in [-0.3, -0.25) is 5.10 Å². The van der Waals surface area contributed by atoms with Crippen LogP contribution >= 0.6 is 23.8 Å². The molecule has 124 valence electrons. The van der Waals surface area contributed by atoms with Crippen molar-refractivity contribution in [2.24, 2.45) is 0 Å². The van der Waals surface area contributed by atoms with Crippen molar-refractivity contribution in [3.63, 3.8) is 0 Å². The van der Waals surface area contributed by atoms with E-state index in [4.69, 9.17) is 28.6 Å². The molecule has 0 saturated heterocycles. The fraction of sp³-hybridized carbons (Fsp3) is 0.222. The van der Waals surface area contributed by atoms with Crippen LogP contribution in [0.4, 0.5) is 0 Å². The van der Waals surface area contributed by atoms with E-state index in [1.807, 2.05) is 22.8 Å². The Hall–Kier alpha value is -2.11. The molecule has 4 nitrogen and oxygen atoms in total. The fourth-order valence-electron chi connectivity index (χ4n) is 2.46. The molecule has 1 heterocycles. The van der Waals surface area contributed by atoms with Gasteiger partial charge in [0, 0.05) is 11.6 Å². The van der Waals surface area contributed by atoms with Crippen LogP contribution in [-0.2, 0) is 19.6 Å². The molecule has 3 rings (SSSR count). The number of hydrogen-bond donors (Lipinski definition) is 1. The molecule has 6 heteroatoms. The molecule has 0 unspecified atom stereocenters. The van der Waals surface area contributed by atoms with Crippen molar-refractivity contribution in [2.75, 3.05) is 0 Å². The number of aryl methyl sites for hydroxylation is 1. The highest BCUT2D eigenvalue weighted by molar-refractivity contribution is 7.71. The topological polar surface area (TPSA) is 42.8 Å². The first-order valence-corrected chi connectivity index (χ1v) is 8.57. The summed E-state index contributed by atoms with van der Waals surface area (Å²) < 4.78 is 8.37. The number of nitrogens with one attached hydrogen (secondary N) is 1. The normalized spacial score (nSPS) is 10.7. The van der Waals surface area contributed by atoms with Crippen LogP contribution in [0.3, 0.4) is 0 Å². The van der Waals surface area contributed by atoms with Crippen molar-refractivity contribution in [1.29, 1.82) is 0 Å². The highest BCUT2D eigenvalue weighted by Gasteiger charge is 2.07. The molecular weight excluding hydrogens is 342 g/mol. The average Bonchev–Trinajstić information content (AvgIpc) is 2.96. The number of aromatic amines is 1. The highest BCUT2D eigenvalue weighted by Crippen LogP contribution is 2.16. The van der Waals surface area contributed by atoms with Crippen molar-refractivity contribution in [3.8, 4) is 5.75 Å². The third kappa shape index (κ3) is 4.46. The molecule has 0 bridgehead atoms. The SMILES string of the molecule is S=c1[nH]nc(COc2ccc(Cl)cc2)n1CCCc1ccccc1. The molecule has 1 N–H and O–H groups in total. The Labute approximate surface area is 151 Å². The Morgan fingerprint density at radius 3 is 2.58 bits per heavy atom. The zero-order valence-electron chi connectivity index (χ0n) is 13.1. The van der Waals surface area contributed by atoms with Crippen molar-refractivity contribution >= 4 is 23.8 Å². The molecule has 1 aromatic heterocycles. The van der Waals surface area contributed by atoms with Crippen LogP contribution in [0.15, 0.2) is 54.6 Å². The van der Waals surface area contributed by atoms with E-state index < -0.39 is 0 Å². The summed E-state index contributed by atoms with van der Waals surface area (Å²) >= 11 is 11.2. The first-order valence-electron chi connectivity index (χ1n) is 7.79. The van der Waals surface area contributed by atoms with Gasteiger partial charge < -0.3 is 9.30 Å². The number of H-pyrrole nitrogens is 1. The van der Waals surface area contributed by atoms with Crippen molar-refractivity contribution in [2.45, 2.75) is 26.0 Å². The number of benzene rings is 2. The quantitative estimate of drug-likeness (QED) is 0.616. The standard InChI is InChI=1S/C18H18ClN3OS/c19-15-8-10-16(11-9-15)23-13-17-20-21-18(24)22(17)12-4-7-14-5-2-1-3-6-14/h1-3,5-6,8-11H,4,7,12-13H2,(H,21,24). The molecule has 0 aliphatic heterocycles. The van der Waals surface area contributed by atoms with Gasteiger partial charge in [0.05, 0.1) is 0 Å². The number of hydrogen-bond acceptors (Lipinski definition) is 3. The van der Waals surface area contributed by atoms with Gasteiger partial charge >= 0.3 is 0 Å². The maximum absolute atomic E-state index is 5.87. The summed E-state index contributed by atoms with van der Waals surface area (Å²) in [5, 5.41) is 7.80. The monoisotopic (exact) mass is 359 g/mol. The second-order valence-electron chi connectivity index (χ2n) is 5.43. The minimum atomic E-state index is 0.361. The maximum atomic E-state index is 5.87. The number of nitrogens with zero attached hydrogens (tertiary/aromatic N) is 2. The van der Waals surface area contributed by atoms with Gasteiger partial charge in [0.1, 0.15) is 12.4 Å². The van der Waals surface area contributed by atoms with Gasteiger partial charge in [0.2, 0.25) is 0 Å². The summed E-state index contributed by atoms with van der Waals surface area (Å²) in [7, 11) is 0.